The Balaban J connectivity index is 1.30. The first-order valence-electron chi connectivity index (χ1n) is 13.6. The number of H-pyrrole nitrogens is 2. The van der Waals surface area contributed by atoms with Crippen LogP contribution in [0.2, 0.25) is 0 Å². The van der Waals surface area contributed by atoms with Crippen LogP contribution in [-0.4, -0.2) is 28.3 Å². The van der Waals surface area contributed by atoms with Gasteiger partial charge >= 0.3 is 0 Å². The normalized spacial score (nSPS) is 15.2. The van der Waals surface area contributed by atoms with E-state index in [0.717, 1.165) is 46.8 Å². The van der Waals surface area contributed by atoms with Crippen molar-refractivity contribution in [1.29, 1.82) is 0 Å². The Hall–Kier alpha value is -3.67. The molecule has 0 aliphatic heterocycles. The molecule has 0 spiro atoms. The van der Waals surface area contributed by atoms with Crippen LogP contribution in [0.25, 0.3) is 49.2 Å². The Labute approximate surface area is 228 Å². The van der Waals surface area contributed by atoms with Crippen LogP contribution in [0.1, 0.15) is 38.2 Å². The van der Waals surface area contributed by atoms with Crippen molar-refractivity contribution >= 4 is 38.7 Å². The highest BCUT2D eigenvalue weighted by molar-refractivity contribution is 7.13. The van der Waals surface area contributed by atoms with Crippen molar-refractivity contribution in [3.05, 3.63) is 95.9 Å². The quantitative estimate of drug-likeness (QED) is 0.171. The number of benzene rings is 2. The van der Waals surface area contributed by atoms with Gasteiger partial charge in [0, 0.05) is 33.3 Å². The fraction of sp³-hybridized carbons (Fsp3) is 0.242. The van der Waals surface area contributed by atoms with Crippen LogP contribution in [-0.2, 0) is 0 Å². The molecule has 0 radical (unpaired) electrons. The lowest BCUT2D eigenvalue weighted by Gasteiger charge is -2.12. The van der Waals surface area contributed by atoms with Gasteiger partial charge in [-0.05, 0) is 84.6 Å². The lowest BCUT2D eigenvalue weighted by molar-refractivity contribution is 0.503. The summed E-state index contributed by atoms with van der Waals surface area (Å²) in [6.45, 7) is 8.12. The lowest BCUT2D eigenvalue weighted by Crippen LogP contribution is -2.23. The summed E-state index contributed by atoms with van der Waals surface area (Å²) in [4.78, 5) is 4.89. The van der Waals surface area contributed by atoms with E-state index in [4.69, 9.17) is 5.10 Å². The molecule has 3 N–H and O–H groups in total. The molecule has 1 fully saturated rings. The molecule has 1 saturated carbocycles. The fourth-order valence-electron chi connectivity index (χ4n) is 5.68. The Morgan fingerprint density at radius 2 is 1.97 bits per heavy atom. The molecule has 4 nitrogen and oxygen atoms in total. The second-order valence-corrected chi connectivity index (χ2v) is 11.2. The Morgan fingerprint density at radius 3 is 2.76 bits per heavy atom. The molecule has 1 aliphatic carbocycles. The number of hydrogen-bond donors (Lipinski definition) is 3. The average Bonchev–Trinajstić information content (AvgIpc) is 3.76. The summed E-state index contributed by atoms with van der Waals surface area (Å²) in [5, 5.41) is 16.1. The third-order valence-corrected chi connectivity index (χ3v) is 8.66. The molecule has 5 heteroatoms. The summed E-state index contributed by atoms with van der Waals surface area (Å²) >= 11 is 1.77. The second-order valence-electron chi connectivity index (χ2n) is 10.2. The molecule has 1 aliphatic rings. The highest BCUT2D eigenvalue weighted by Gasteiger charge is 2.16. The number of aromatic nitrogens is 3. The third-order valence-electron chi connectivity index (χ3n) is 7.75. The van der Waals surface area contributed by atoms with Gasteiger partial charge in [-0.15, -0.1) is 11.3 Å². The van der Waals surface area contributed by atoms with Crippen LogP contribution in [0.15, 0.2) is 90.4 Å². The van der Waals surface area contributed by atoms with Gasteiger partial charge in [-0.25, -0.2) is 0 Å². The average molecular weight is 519 g/mol. The highest BCUT2D eigenvalue weighted by Crippen LogP contribution is 2.36. The lowest BCUT2D eigenvalue weighted by atomic mass is 9.99. The van der Waals surface area contributed by atoms with Crippen LogP contribution in [0, 0.1) is 5.92 Å². The van der Waals surface area contributed by atoms with Gasteiger partial charge in [0.25, 0.3) is 0 Å². The third kappa shape index (κ3) is 4.92. The molecule has 0 saturated heterocycles. The first-order valence-corrected chi connectivity index (χ1v) is 14.5. The van der Waals surface area contributed by atoms with Gasteiger partial charge in [-0.1, -0.05) is 61.9 Å². The van der Waals surface area contributed by atoms with E-state index in [-0.39, 0.29) is 0 Å². The molecule has 0 atom stereocenters. The van der Waals surface area contributed by atoms with E-state index in [0.29, 0.717) is 0 Å². The maximum atomic E-state index is 4.72. The zero-order valence-corrected chi connectivity index (χ0v) is 22.7. The second kappa shape index (κ2) is 11.0. The van der Waals surface area contributed by atoms with Crippen molar-refractivity contribution in [2.75, 3.05) is 13.1 Å². The standard InChI is InChI=1S/C33H34N4S/c1-3-22(20-34-21-23-9-5-6-10-23)17-24(4-2)25-14-15-30-28(18-25)33(37-36-30)31-19-27-26(32-13-8-16-38-32)11-7-12-29(27)35-31/h3-4,7-8,11-19,23,34-35H,1,5-6,9-10,20-21H2,2H3,(H,36,37)/b22-17+,24-4+. The summed E-state index contributed by atoms with van der Waals surface area (Å²) in [7, 11) is 0. The van der Waals surface area contributed by atoms with E-state index in [1.807, 2.05) is 6.08 Å². The Bertz CT molecular complexity index is 1620. The first-order chi connectivity index (χ1) is 18.7. The van der Waals surface area contributed by atoms with E-state index >= 15 is 0 Å². The van der Waals surface area contributed by atoms with E-state index in [1.54, 1.807) is 11.3 Å². The summed E-state index contributed by atoms with van der Waals surface area (Å²) in [5.41, 5.74) is 8.94. The van der Waals surface area contributed by atoms with Crippen molar-refractivity contribution in [2.45, 2.75) is 32.6 Å². The fourth-order valence-corrected chi connectivity index (χ4v) is 6.44. The van der Waals surface area contributed by atoms with Crippen LogP contribution < -0.4 is 5.32 Å². The molecule has 38 heavy (non-hydrogen) atoms. The van der Waals surface area contributed by atoms with Gasteiger partial charge < -0.3 is 10.3 Å². The van der Waals surface area contributed by atoms with Crippen LogP contribution in [0.5, 0.6) is 0 Å². The maximum absolute atomic E-state index is 4.72. The SMILES string of the molecule is C=C/C(=C\C(=C/C)c1ccc2[nH]nc(-c3cc4c(-c5cccs5)cccc4[nH]3)c2c1)CNCC1CCCC1. The van der Waals surface area contributed by atoms with E-state index < -0.39 is 0 Å². The van der Waals surface area contributed by atoms with Crippen molar-refractivity contribution < 1.29 is 0 Å². The van der Waals surface area contributed by atoms with Gasteiger partial charge in [0.2, 0.25) is 0 Å². The monoisotopic (exact) mass is 518 g/mol. The van der Waals surface area contributed by atoms with Gasteiger partial charge in [-0.3, -0.25) is 5.10 Å². The number of thiophene rings is 1. The van der Waals surface area contributed by atoms with Gasteiger partial charge in [-0.2, -0.15) is 5.10 Å². The molecule has 0 amide bonds. The molecule has 0 bridgehead atoms. The minimum Gasteiger partial charge on any atom is -0.353 e. The minimum atomic E-state index is 0.829. The largest absolute Gasteiger partial charge is 0.353 e. The van der Waals surface area contributed by atoms with Crippen molar-refractivity contribution in [2.24, 2.45) is 5.92 Å². The van der Waals surface area contributed by atoms with Crippen LogP contribution in [0.4, 0.5) is 0 Å². The zero-order chi connectivity index (χ0) is 25.9. The predicted octanol–water partition coefficient (Wildman–Crippen LogP) is 8.74. The zero-order valence-electron chi connectivity index (χ0n) is 21.9. The molecule has 5 aromatic rings. The van der Waals surface area contributed by atoms with Crippen LogP contribution in [0.3, 0.4) is 0 Å². The number of hydrogen-bond acceptors (Lipinski definition) is 3. The van der Waals surface area contributed by atoms with E-state index in [9.17, 15) is 0 Å². The maximum Gasteiger partial charge on any atom is 0.116 e. The smallest absolute Gasteiger partial charge is 0.116 e. The molecule has 3 aromatic heterocycles. The minimum absolute atomic E-state index is 0.829. The van der Waals surface area contributed by atoms with Gasteiger partial charge in [0.1, 0.15) is 5.69 Å². The van der Waals surface area contributed by atoms with Crippen molar-refractivity contribution in [1.82, 2.24) is 20.5 Å². The molecular weight excluding hydrogens is 484 g/mol. The van der Waals surface area contributed by atoms with Gasteiger partial charge in [0.15, 0.2) is 0 Å². The topological polar surface area (TPSA) is 56.5 Å². The van der Waals surface area contributed by atoms with Crippen molar-refractivity contribution in [3.63, 3.8) is 0 Å². The van der Waals surface area contributed by atoms with E-state index in [1.165, 1.54) is 58.2 Å². The molecule has 2 aromatic carbocycles. The molecule has 6 rings (SSSR count). The molecule has 192 valence electrons. The molecule has 3 heterocycles. The summed E-state index contributed by atoms with van der Waals surface area (Å²) in [6, 6.07) is 19.5. The summed E-state index contributed by atoms with van der Waals surface area (Å²) in [5.74, 6) is 0.829. The number of aromatic amines is 2. The Kier molecular flexibility index (Phi) is 7.12. The predicted molar refractivity (Wildman–Crippen MR) is 163 cm³/mol. The molecule has 0 unspecified atom stereocenters. The number of fused-ring (bicyclic) bond motifs is 2. The highest BCUT2D eigenvalue weighted by atomic mass is 32.1. The number of nitrogens with zero attached hydrogens (tertiary/aromatic N) is 1. The number of nitrogens with one attached hydrogen (secondary N) is 3. The number of allylic oxidation sites excluding steroid dienone is 3. The molecular formula is C33H34N4S. The van der Waals surface area contributed by atoms with Gasteiger partial charge in [0.05, 0.1) is 11.2 Å². The summed E-state index contributed by atoms with van der Waals surface area (Å²) in [6.07, 6.45) is 11.9. The van der Waals surface area contributed by atoms with Crippen LogP contribution >= 0.6 is 11.3 Å². The van der Waals surface area contributed by atoms with E-state index in [2.05, 4.69) is 101 Å². The summed E-state index contributed by atoms with van der Waals surface area (Å²) < 4.78 is 0. The first kappa shape index (κ1) is 24.7. The number of rotatable bonds is 9. The van der Waals surface area contributed by atoms with Crippen molar-refractivity contribution in [3.8, 4) is 21.8 Å². The Morgan fingerprint density at radius 1 is 1.08 bits per heavy atom.